The number of carboxylic acid groups (broad SMARTS) is 1. The molecule has 1 saturated carbocycles. The SMILES string of the molecule is CCC(CC)(CC(=O)NC1CCCCCC1)C(=O)O. The fourth-order valence-electron chi connectivity index (χ4n) is 2.89. The van der Waals surface area contributed by atoms with Crippen LogP contribution in [0, 0.1) is 5.41 Å². The van der Waals surface area contributed by atoms with Gasteiger partial charge < -0.3 is 10.4 Å². The lowest BCUT2D eigenvalue weighted by Crippen LogP contribution is -2.40. The summed E-state index contributed by atoms with van der Waals surface area (Å²) in [6.45, 7) is 3.69. The molecule has 0 heterocycles. The number of aliphatic carboxylic acids is 1. The van der Waals surface area contributed by atoms with E-state index in [0.717, 1.165) is 25.7 Å². The zero-order valence-corrected chi connectivity index (χ0v) is 12.2. The maximum atomic E-state index is 12.1. The molecule has 0 radical (unpaired) electrons. The Morgan fingerprint density at radius 1 is 1.11 bits per heavy atom. The smallest absolute Gasteiger partial charge is 0.310 e. The lowest BCUT2D eigenvalue weighted by Gasteiger charge is -2.27. The number of nitrogens with one attached hydrogen (secondary N) is 1. The fourth-order valence-corrected chi connectivity index (χ4v) is 2.89. The molecular weight excluding hydrogens is 242 g/mol. The molecule has 0 unspecified atom stereocenters. The van der Waals surface area contributed by atoms with Gasteiger partial charge in [-0.1, -0.05) is 39.5 Å². The van der Waals surface area contributed by atoms with E-state index in [1.165, 1.54) is 12.8 Å². The van der Waals surface area contributed by atoms with E-state index >= 15 is 0 Å². The van der Waals surface area contributed by atoms with Gasteiger partial charge in [0.15, 0.2) is 0 Å². The van der Waals surface area contributed by atoms with E-state index in [4.69, 9.17) is 0 Å². The summed E-state index contributed by atoms with van der Waals surface area (Å²) in [7, 11) is 0. The quantitative estimate of drug-likeness (QED) is 0.728. The van der Waals surface area contributed by atoms with Crippen LogP contribution in [-0.2, 0) is 9.59 Å². The topological polar surface area (TPSA) is 66.4 Å². The minimum Gasteiger partial charge on any atom is -0.481 e. The number of hydrogen-bond donors (Lipinski definition) is 2. The van der Waals surface area contributed by atoms with Gasteiger partial charge in [-0.05, 0) is 25.7 Å². The van der Waals surface area contributed by atoms with Crippen LogP contribution in [0.2, 0.25) is 0 Å². The Kier molecular flexibility index (Phi) is 6.32. The molecule has 19 heavy (non-hydrogen) atoms. The molecule has 110 valence electrons. The number of carboxylic acids is 1. The van der Waals surface area contributed by atoms with E-state index in [9.17, 15) is 14.7 Å². The predicted octanol–water partition coefficient (Wildman–Crippen LogP) is 3.11. The molecule has 0 bridgehead atoms. The lowest BCUT2D eigenvalue weighted by atomic mass is 9.79. The molecule has 1 aliphatic carbocycles. The predicted molar refractivity (Wildman–Crippen MR) is 74.9 cm³/mol. The minimum absolute atomic E-state index is 0.0991. The first-order valence-corrected chi connectivity index (χ1v) is 7.57. The molecule has 4 heteroatoms. The van der Waals surface area contributed by atoms with E-state index in [1.54, 1.807) is 0 Å². The zero-order valence-electron chi connectivity index (χ0n) is 12.2. The maximum Gasteiger partial charge on any atom is 0.310 e. The highest BCUT2D eigenvalue weighted by atomic mass is 16.4. The first-order chi connectivity index (χ1) is 9.04. The number of carbonyl (C=O) groups is 2. The fraction of sp³-hybridized carbons (Fsp3) is 0.867. The van der Waals surface area contributed by atoms with Gasteiger partial charge in [0.2, 0.25) is 5.91 Å². The third kappa shape index (κ3) is 4.51. The van der Waals surface area contributed by atoms with Crippen molar-refractivity contribution in [2.24, 2.45) is 5.41 Å². The Morgan fingerprint density at radius 2 is 1.63 bits per heavy atom. The summed E-state index contributed by atoms with van der Waals surface area (Å²) < 4.78 is 0. The standard InChI is InChI=1S/C15H27NO3/c1-3-15(4-2,14(18)19)11-13(17)16-12-9-7-5-6-8-10-12/h12H,3-11H2,1-2H3,(H,16,17)(H,18,19). The number of hydrogen-bond acceptors (Lipinski definition) is 2. The normalized spacial score (nSPS) is 17.8. The second-order valence-corrected chi connectivity index (χ2v) is 5.73. The summed E-state index contributed by atoms with van der Waals surface area (Å²) in [6.07, 6.45) is 7.98. The van der Waals surface area contributed by atoms with Gasteiger partial charge in [-0.3, -0.25) is 9.59 Å². The van der Waals surface area contributed by atoms with E-state index < -0.39 is 11.4 Å². The Balaban J connectivity index is 2.54. The van der Waals surface area contributed by atoms with E-state index in [2.05, 4.69) is 5.32 Å². The van der Waals surface area contributed by atoms with Crippen LogP contribution in [0.15, 0.2) is 0 Å². The van der Waals surface area contributed by atoms with Crippen LogP contribution in [-0.4, -0.2) is 23.0 Å². The highest BCUT2D eigenvalue weighted by Crippen LogP contribution is 2.31. The van der Waals surface area contributed by atoms with Gasteiger partial charge in [-0.15, -0.1) is 0 Å². The first kappa shape index (κ1) is 16.0. The van der Waals surface area contributed by atoms with Crippen molar-refractivity contribution >= 4 is 11.9 Å². The van der Waals surface area contributed by atoms with Crippen LogP contribution in [0.3, 0.4) is 0 Å². The van der Waals surface area contributed by atoms with E-state index in [1.807, 2.05) is 13.8 Å². The number of carbonyl (C=O) groups excluding carboxylic acids is 1. The van der Waals surface area contributed by atoms with Crippen molar-refractivity contribution in [3.63, 3.8) is 0 Å². The largest absolute Gasteiger partial charge is 0.481 e. The van der Waals surface area contributed by atoms with Crippen LogP contribution in [0.4, 0.5) is 0 Å². The van der Waals surface area contributed by atoms with E-state index in [-0.39, 0.29) is 18.4 Å². The van der Waals surface area contributed by atoms with E-state index in [0.29, 0.717) is 12.8 Å². The summed E-state index contributed by atoms with van der Waals surface area (Å²) >= 11 is 0. The van der Waals surface area contributed by atoms with Gasteiger partial charge in [-0.25, -0.2) is 0 Å². The van der Waals surface area contributed by atoms with Gasteiger partial charge >= 0.3 is 5.97 Å². The number of rotatable bonds is 6. The minimum atomic E-state index is -0.894. The van der Waals surface area contributed by atoms with Gasteiger partial charge in [0.05, 0.1) is 5.41 Å². The average molecular weight is 269 g/mol. The van der Waals surface area contributed by atoms with Gasteiger partial charge in [0.25, 0.3) is 0 Å². The third-order valence-corrected chi connectivity index (χ3v) is 4.53. The first-order valence-electron chi connectivity index (χ1n) is 7.57. The highest BCUT2D eigenvalue weighted by molar-refractivity contribution is 5.85. The Morgan fingerprint density at radius 3 is 2.05 bits per heavy atom. The van der Waals surface area contributed by atoms with Crippen molar-refractivity contribution in [2.45, 2.75) is 77.7 Å². The molecule has 0 spiro atoms. The molecule has 4 nitrogen and oxygen atoms in total. The summed E-state index contributed by atoms with van der Waals surface area (Å²) in [4.78, 5) is 23.5. The van der Waals surface area contributed by atoms with Crippen LogP contribution in [0.1, 0.15) is 71.6 Å². The third-order valence-electron chi connectivity index (χ3n) is 4.53. The molecule has 1 aliphatic rings. The molecule has 2 N–H and O–H groups in total. The van der Waals surface area contributed by atoms with Gasteiger partial charge in [0, 0.05) is 12.5 Å². The second-order valence-electron chi connectivity index (χ2n) is 5.73. The van der Waals surface area contributed by atoms with Crippen LogP contribution >= 0.6 is 0 Å². The molecule has 0 aromatic heterocycles. The summed E-state index contributed by atoms with van der Waals surface area (Å²) in [6, 6.07) is 0.246. The molecule has 0 aromatic rings. The molecular formula is C15H27NO3. The summed E-state index contributed by atoms with van der Waals surface area (Å²) in [5.41, 5.74) is -0.894. The Bertz CT molecular complexity index is 303. The molecule has 0 aromatic carbocycles. The van der Waals surface area contributed by atoms with Crippen molar-refractivity contribution in [2.75, 3.05) is 0 Å². The lowest BCUT2D eigenvalue weighted by molar-refractivity contribution is -0.152. The second kappa shape index (κ2) is 7.51. The van der Waals surface area contributed by atoms with Gasteiger partial charge in [0.1, 0.15) is 0 Å². The highest BCUT2D eigenvalue weighted by Gasteiger charge is 2.37. The summed E-state index contributed by atoms with van der Waals surface area (Å²) in [5, 5.41) is 12.4. The maximum absolute atomic E-state index is 12.1. The molecule has 1 fully saturated rings. The van der Waals surface area contributed by atoms with Crippen LogP contribution < -0.4 is 5.32 Å². The van der Waals surface area contributed by atoms with Crippen molar-refractivity contribution in [3.8, 4) is 0 Å². The Hall–Kier alpha value is -1.06. The number of amides is 1. The molecule has 1 amide bonds. The molecule has 0 saturated heterocycles. The van der Waals surface area contributed by atoms with Gasteiger partial charge in [-0.2, -0.15) is 0 Å². The zero-order chi connectivity index (χ0) is 14.3. The monoisotopic (exact) mass is 269 g/mol. The summed E-state index contributed by atoms with van der Waals surface area (Å²) in [5.74, 6) is -0.952. The van der Waals surface area contributed by atoms with Crippen molar-refractivity contribution in [3.05, 3.63) is 0 Å². The molecule has 1 rings (SSSR count). The molecule has 0 aliphatic heterocycles. The van der Waals surface area contributed by atoms with Crippen LogP contribution in [0.25, 0.3) is 0 Å². The van der Waals surface area contributed by atoms with Crippen molar-refractivity contribution < 1.29 is 14.7 Å². The van der Waals surface area contributed by atoms with Crippen molar-refractivity contribution in [1.29, 1.82) is 0 Å². The molecule has 0 atom stereocenters. The Labute approximate surface area is 116 Å². The average Bonchev–Trinajstić information content (AvgIpc) is 2.64. The van der Waals surface area contributed by atoms with Crippen LogP contribution in [0.5, 0.6) is 0 Å². The van der Waals surface area contributed by atoms with Crippen molar-refractivity contribution in [1.82, 2.24) is 5.32 Å².